The van der Waals surface area contributed by atoms with Gasteiger partial charge < -0.3 is 0 Å². The van der Waals surface area contributed by atoms with E-state index in [2.05, 4.69) is 51.8 Å². The van der Waals surface area contributed by atoms with E-state index in [1.807, 2.05) is 6.21 Å². The van der Waals surface area contributed by atoms with E-state index in [-0.39, 0.29) is 0 Å². The molecule has 2 nitrogen and oxygen atoms in total. The molecular formula is C15H20BrFN2. The number of hydrogen-bond donors (Lipinski definition) is 0. The molecule has 4 heteroatoms. The van der Waals surface area contributed by atoms with Crippen molar-refractivity contribution in [1.82, 2.24) is 4.90 Å². The monoisotopic (exact) mass is 326 g/mol. The summed E-state index contributed by atoms with van der Waals surface area (Å²) in [5, 5.41) is 0. The summed E-state index contributed by atoms with van der Waals surface area (Å²) >= 11 is 3.49. The molecule has 1 saturated heterocycles. The first-order chi connectivity index (χ1) is 9.06. The van der Waals surface area contributed by atoms with Crippen molar-refractivity contribution in [2.45, 2.75) is 26.4 Å². The second-order valence-electron chi connectivity index (χ2n) is 5.18. The Morgan fingerprint density at radius 1 is 1.42 bits per heavy atom. The summed E-state index contributed by atoms with van der Waals surface area (Å²) in [5.74, 6) is 0. The van der Waals surface area contributed by atoms with Crippen LogP contribution in [0.15, 0.2) is 21.6 Å². The molecule has 0 radical (unpaired) electrons. The van der Waals surface area contributed by atoms with Crippen LogP contribution in [0.2, 0.25) is 0 Å². The summed E-state index contributed by atoms with van der Waals surface area (Å²) in [6.45, 7) is 7.21. The van der Waals surface area contributed by atoms with Crippen molar-refractivity contribution < 1.29 is 4.39 Å². The molecule has 0 unspecified atom stereocenters. The third-order valence-corrected chi connectivity index (χ3v) is 4.00. The molecule has 1 aromatic carbocycles. The highest BCUT2D eigenvalue weighted by Crippen LogP contribution is 2.19. The molecule has 1 heterocycles. The molecule has 1 atom stereocenters. The zero-order chi connectivity index (χ0) is 13.8. The Morgan fingerprint density at radius 2 is 2.11 bits per heavy atom. The summed E-state index contributed by atoms with van der Waals surface area (Å²) in [7, 11) is 0. The van der Waals surface area contributed by atoms with Crippen molar-refractivity contribution in [1.29, 1.82) is 0 Å². The highest BCUT2D eigenvalue weighted by Gasteiger charge is 2.20. The van der Waals surface area contributed by atoms with Gasteiger partial charge in [-0.15, -0.1) is 0 Å². The van der Waals surface area contributed by atoms with E-state index < -0.39 is 6.17 Å². The summed E-state index contributed by atoms with van der Waals surface area (Å²) in [4.78, 5) is 6.62. The third kappa shape index (κ3) is 4.11. The number of aliphatic imine (C=N–C) groups is 1. The van der Waals surface area contributed by atoms with Gasteiger partial charge >= 0.3 is 0 Å². The Hall–Kier alpha value is -0.740. The van der Waals surface area contributed by atoms with Crippen LogP contribution < -0.4 is 0 Å². The maximum atomic E-state index is 13.0. The van der Waals surface area contributed by atoms with Crippen LogP contribution in [0.25, 0.3) is 0 Å². The number of benzene rings is 1. The Bertz CT molecular complexity index is 450. The quantitative estimate of drug-likeness (QED) is 0.773. The van der Waals surface area contributed by atoms with Gasteiger partial charge in [-0.05, 0) is 49.1 Å². The standard InChI is InChI=1S/C15H20BrFN2/c1-11-7-13(16)8-12(2)15(11)9-18-4-6-19-5-3-14(17)10-19/h7-9,14H,3-6,10H2,1-2H3/b18-9+/t14-/m1/s1. The molecule has 0 amide bonds. The molecule has 0 aliphatic carbocycles. The first-order valence-electron chi connectivity index (χ1n) is 6.69. The maximum Gasteiger partial charge on any atom is 0.114 e. The van der Waals surface area contributed by atoms with Crippen molar-refractivity contribution in [3.05, 3.63) is 33.3 Å². The summed E-state index contributed by atoms with van der Waals surface area (Å²) in [5.41, 5.74) is 3.63. The minimum absolute atomic E-state index is 0.575. The summed E-state index contributed by atoms with van der Waals surface area (Å²) in [6, 6.07) is 4.20. The number of halogens is 2. The van der Waals surface area contributed by atoms with E-state index in [9.17, 15) is 4.39 Å². The van der Waals surface area contributed by atoms with Crippen LogP contribution in [0.1, 0.15) is 23.1 Å². The summed E-state index contributed by atoms with van der Waals surface area (Å²) in [6.07, 6.45) is 1.98. The van der Waals surface area contributed by atoms with E-state index in [0.717, 1.165) is 24.1 Å². The van der Waals surface area contributed by atoms with E-state index >= 15 is 0 Å². The minimum atomic E-state index is -0.639. The SMILES string of the molecule is Cc1cc(Br)cc(C)c1/C=N/CCN1CC[C@@H](F)C1. The average Bonchev–Trinajstić information content (AvgIpc) is 2.73. The largest absolute Gasteiger partial charge is 0.299 e. The smallest absolute Gasteiger partial charge is 0.114 e. The molecule has 0 spiro atoms. The van der Waals surface area contributed by atoms with Crippen LogP contribution >= 0.6 is 15.9 Å². The first kappa shape index (κ1) is 14.7. The van der Waals surface area contributed by atoms with Crippen LogP contribution in [0, 0.1) is 13.8 Å². The van der Waals surface area contributed by atoms with Crippen LogP contribution in [-0.4, -0.2) is 43.5 Å². The van der Waals surface area contributed by atoms with Crippen molar-refractivity contribution in [3.8, 4) is 0 Å². The fraction of sp³-hybridized carbons (Fsp3) is 0.533. The van der Waals surface area contributed by atoms with Gasteiger partial charge in [-0.1, -0.05) is 15.9 Å². The fourth-order valence-corrected chi connectivity index (χ4v) is 3.16. The van der Waals surface area contributed by atoms with Gasteiger partial charge in [0.1, 0.15) is 6.17 Å². The number of aryl methyl sites for hydroxylation is 2. The Labute approximate surface area is 122 Å². The summed E-state index contributed by atoms with van der Waals surface area (Å²) < 4.78 is 14.1. The van der Waals surface area contributed by atoms with Crippen LogP contribution in [-0.2, 0) is 0 Å². The Balaban J connectivity index is 1.89. The van der Waals surface area contributed by atoms with Crippen LogP contribution in [0.5, 0.6) is 0 Å². The molecule has 0 bridgehead atoms. The van der Waals surface area contributed by atoms with Crippen molar-refractivity contribution in [3.63, 3.8) is 0 Å². The lowest BCUT2D eigenvalue weighted by Crippen LogP contribution is -2.24. The predicted molar refractivity (Wildman–Crippen MR) is 82.0 cm³/mol. The number of rotatable bonds is 4. The molecule has 1 aliphatic rings. The van der Waals surface area contributed by atoms with Gasteiger partial charge in [0, 0.05) is 30.3 Å². The number of alkyl halides is 1. The van der Waals surface area contributed by atoms with Gasteiger partial charge in [0.2, 0.25) is 0 Å². The van der Waals surface area contributed by atoms with Crippen molar-refractivity contribution in [2.24, 2.45) is 4.99 Å². The van der Waals surface area contributed by atoms with E-state index in [1.165, 1.54) is 16.7 Å². The van der Waals surface area contributed by atoms with Gasteiger partial charge in [0.25, 0.3) is 0 Å². The van der Waals surface area contributed by atoms with E-state index in [4.69, 9.17) is 0 Å². The highest BCUT2D eigenvalue weighted by atomic mass is 79.9. The molecule has 0 N–H and O–H groups in total. The molecule has 1 aliphatic heterocycles. The van der Waals surface area contributed by atoms with Gasteiger partial charge in [-0.3, -0.25) is 9.89 Å². The normalized spacial score (nSPS) is 20.5. The number of nitrogens with zero attached hydrogens (tertiary/aromatic N) is 2. The van der Waals surface area contributed by atoms with Gasteiger partial charge in [-0.2, -0.15) is 0 Å². The van der Waals surface area contributed by atoms with Crippen LogP contribution in [0.3, 0.4) is 0 Å². The van der Waals surface area contributed by atoms with Crippen molar-refractivity contribution in [2.75, 3.05) is 26.2 Å². The molecule has 0 saturated carbocycles. The first-order valence-corrected chi connectivity index (χ1v) is 7.48. The lowest BCUT2D eigenvalue weighted by atomic mass is 10.0. The molecule has 1 fully saturated rings. The molecule has 0 aromatic heterocycles. The predicted octanol–water partition coefficient (Wildman–Crippen LogP) is 3.53. The van der Waals surface area contributed by atoms with E-state index in [0.29, 0.717) is 13.0 Å². The average molecular weight is 327 g/mol. The van der Waals surface area contributed by atoms with Gasteiger partial charge in [0.15, 0.2) is 0 Å². The third-order valence-electron chi connectivity index (χ3n) is 3.54. The second kappa shape index (κ2) is 6.62. The van der Waals surface area contributed by atoms with Gasteiger partial charge in [-0.25, -0.2) is 4.39 Å². The molecular weight excluding hydrogens is 307 g/mol. The zero-order valence-electron chi connectivity index (χ0n) is 11.5. The fourth-order valence-electron chi connectivity index (χ4n) is 2.47. The maximum absolute atomic E-state index is 13.0. The zero-order valence-corrected chi connectivity index (χ0v) is 13.1. The second-order valence-corrected chi connectivity index (χ2v) is 6.09. The highest BCUT2D eigenvalue weighted by molar-refractivity contribution is 9.10. The molecule has 19 heavy (non-hydrogen) atoms. The molecule has 2 rings (SSSR count). The minimum Gasteiger partial charge on any atom is -0.299 e. The Kier molecular flexibility index (Phi) is 5.11. The van der Waals surface area contributed by atoms with Crippen LogP contribution in [0.4, 0.5) is 4.39 Å². The van der Waals surface area contributed by atoms with E-state index in [1.54, 1.807) is 0 Å². The number of hydrogen-bond acceptors (Lipinski definition) is 2. The molecule has 104 valence electrons. The lowest BCUT2D eigenvalue weighted by molar-refractivity contribution is 0.293. The van der Waals surface area contributed by atoms with Crippen molar-refractivity contribution >= 4 is 22.1 Å². The molecule has 1 aromatic rings. The topological polar surface area (TPSA) is 15.6 Å². The Morgan fingerprint density at radius 3 is 2.68 bits per heavy atom. The number of likely N-dealkylation sites (tertiary alicyclic amines) is 1. The lowest BCUT2D eigenvalue weighted by Gasteiger charge is -2.12. The van der Waals surface area contributed by atoms with Gasteiger partial charge in [0.05, 0.1) is 6.54 Å².